The number of ether oxygens (including phenoxy) is 1. The van der Waals surface area contributed by atoms with Gasteiger partial charge in [0.15, 0.2) is 0 Å². The lowest BCUT2D eigenvalue weighted by molar-refractivity contribution is -0.125. The Kier molecular flexibility index (Phi) is 8.95. The first-order valence-corrected chi connectivity index (χ1v) is 8.04. The summed E-state index contributed by atoms with van der Waals surface area (Å²) in [6.07, 6.45) is 0.663. The van der Waals surface area contributed by atoms with Crippen molar-refractivity contribution in [3.63, 3.8) is 0 Å². The highest BCUT2D eigenvalue weighted by Gasteiger charge is 2.21. The maximum absolute atomic E-state index is 12.8. The molecule has 0 fully saturated rings. The molecule has 0 saturated carbocycles. The van der Waals surface area contributed by atoms with Crippen LogP contribution in [0.1, 0.15) is 24.9 Å². The Hall–Kier alpha value is -2.11. The molecule has 0 aromatic heterocycles. The summed E-state index contributed by atoms with van der Waals surface area (Å²) in [7, 11) is 0. The van der Waals surface area contributed by atoms with Gasteiger partial charge in [0.05, 0.1) is 12.5 Å². The molecule has 0 aliphatic rings. The van der Waals surface area contributed by atoms with Crippen molar-refractivity contribution in [1.82, 2.24) is 5.32 Å². The van der Waals surface area contributed by atoms with Gasteiger partial charge < -0.3 is 15.8 Å². The Morgan fingerprint density at radius 1 is 1.16 bits per heavy atom. The zero-order valence-corrected chi connectivity index (χ0v) is 15.0. The Morgan fingerprint density at radius 2 is 1.80 bits per heavy atom. The van der Waals surface area contributed by atoms with E-state index in [9.17, 15) is 9.18 Å². The third-order valence-electron chi connectivity index (χ3n) is 3.84. The Bertz CT molecular complexity index is 638. The molecule has 2 unspecified atom stereocenters. The molecule has 25 heavy (non-hydrogen) atoms. The fourth-order valence-corrected chi connectivity index (χ4v) is 2.29. The zero-order valence-electron chi connectivity index (χ0n) is 14.2. The van der Waals surface area contributed by atoms with Gasteiger partial charge in [0.25, 0.3) is 0 Å². The van der Waals surface area contributed by atoms with Gasteiger partial charge in [-0.25, -0.2) is 4.39 Å². The van der Waals surface area contributed by atoms with Crippen LogP contribution in [0.2, 0.25) is 0 Å². The molecule has 6 heteroatoms. The van der Waals surface area contributed by atoms with E-state index in [1.54, 1.807) is 12.1 Å². The number of halogens is 2. The fraction of sp³-hybridized carbons (Fsp3) is 0.316. The first-order chi connectivity index (χ1) is 11.6. The van der Waals surface area contributed by atoms with Crippen molar-refractivity contribution < 1.29 is 13.9 Å². The van der Waals surface area contributed by atoms with E-state index in [4.69, 9.17) is 10.5 Å². The van der Waals surface area contributed by atoms with Gasteiger partial charge >= 0.3 is 0 Å². The third kappa shape index (κ3) is 6.72. The van der Waals surface area contributed by atoms with Crippen molar-refractivity contribution in [2.24, 2.45) is 11.7 Å². The second-order valence-electron chi connectivity index (χ2n) is 5.67. The molecule has 2 aromatic carbocycles. The van der Waals surface area contributed by atoms with Gasteiger partial charge in [-0.05, 0) is 36.2 Å². The van der Waals surface area contributed by atoms with Crippen LogP contribution in [0.4, 0.5) is 4.39 Å². The van der Waals surface area contributed by atoms with Gasteiger partial charge in [-0.15, -0.1) is 12.4 Å². The molecule has 0 aliphatic carbocycles. The number of carbonyl (C=O) groups excluding carboxylic acids is 1. The van der Waals surface area contributed by atoms with E-state index in [1.165, 1.54) is 12.1 Å². The van der Waals surface area contributed by atoms with Crippen molar-refractivity contribution in [3.8, 4) is 5.75 Å². The number of amides is 1. The second-order valence-corrected chi connectivity index (χ2v) is 5.67. The maximum Gasteiger partial charge on any atom is 0.224 e. The summed E-state index contributed by atoms with van der Waals surface area (Å²) in [5.74, 6) is -0.0703. The molecular formula is C19H24ClFN2O2. The topological polar surface area (TPSA) is 64.3 Å². The van der Waals surface area contributed by atoms with Gasteiger partial charge in [-0.2, -0.15) is 0 Å². The number of rotatable bonds is 8. The Morgan fingerprint density at radius 3 is 2.44 bits per heavy atom. The first kappa shape index (κ1) is 20.9. The SMILES string of the molecule is CC(C(=O)NCCCOc1ccc(F)cc1)C(N)c1ccccc1.Cl. The average molecular weight is 367 g/mol. The number of carbonyl (C=O) groups is 1. The minimum Gasteiger partial charge on any atom is -0.494 e. The van der Waals surface area contributed by atoms with Crippen molar-refractivity contribution >= 4 is 18.3 Å². The van der Waals surface area contributed by atoms with Gasteiger partial charge in [-0.3, -0.25) is 4.79 Å². The highest BCUT2D eigenvalue weighted by Crippen LogP contribution is 2.19. The summed E-state index contributed by atoms with van der Waals surface area (Å²) in [6.45, 7) is 2.78. The molecule has 2 rings (SSSR count). The fourth-order valence-electron chi connectivity index (χ4n) is 2.29. The lowest BCUT2D eigenvalue weighted by Gasteiger charge is -2.19. The van der Waals surface area contributed by atoms with E-state index in [0.29, 0.717) is 25.3 Å². The highest BCUT2D eigenvalue weighted by atomic mass is 35.5. The van der Waals surface area contributed by atoms with E-state index in [-0.39, 0.29) is 36.1 Å². The zero-order chi connectivity index (χ0) is 17.4. The lowest BCUT2D eigenvalue weighted by Crippen LogP contribution is -2.36. The molecule has 3 N–H and O–H groups in total. The van der Waals surface area contributed by atoms with Gasteiger partial charge in [-0.1, -0.05) is 37.3 Å². The molecule has 136 valence electrons. The molecular weight excluding hydrogens is 343 g/mol. The average Bonchev–Trinajstić information content (AvgIpc) is 2.62. The molecule has 0 saturated heterocycles. The van der Waals surface area contributed by atoms with Crippen LogP contribution in [0.5, 0.6) is 5.75 Å². The van der Waals surface area contributed by atoms with Crippen LogP contribution < -0.4 is 15.8 Å². The summed E-state index contributed by atoms with van der Waals surface area (Å²) in [5, 5.41) is 2.87. The van der Waals surface area contributed by atoms with Crippen LogP contribution in [0.3, 0.4) is 0 Å². The number of hydrogen-bond acceptors (Lipinski definition) is 3. The number of benzene rings is 2. The smallest absolute Gasteiger partial charge is 0.224 e. The normalized spacial score (nSPS) is 12.6. The largest absolute Gasteiger partial charge is 0.494 e. The summed E-state index contributed by atoms with van der Waals surface area (Å²) in [5.41, 5.74) is 7.09. The van der Waals surface area contributed by atoms with Crippen molar-refractivity contribution in [3.05, 3.63) is 66.0 Å². The molecule has 0 heterocycles. The van der Waals surface area contributed by atoms with Crippen LogP contribution >= 0.6 is 12.4 Å². The number of nitrogens with one attached hydrogen (secondary N) is 1. The third-order valence-corrected chi connectivity index (χ3v) is 3.84. The predicted molar refractivity (Wildman–Crippen MR) is 99.3 cm³/mol. The summed E-state index contributed by atoms with van der Waals surface area (Å²) < 4.78 is 18.2. The number of hydrogen-bond donors (Lipinski definition) is 2. The monoisotopic (exact) mass is 366 g/mol. The summed E-state index contributed by atoms with van der Waals surface area (Å²) in [6, 6.07) is 15.1. The minimum atomic E-state index is -0.332. The predicted octanol–water partition coefficient (Wildman–Crippen LogP) is 3.47. The van der Waals surface area contributed by atoms with Crippen molar-refractivity contribution in [1.29, 1.82) is 0 Å². The molecule has 2 atom stereocenters. The molecule has 0 aliphatic heterocycles. The molecule has 1 amide bonds. The molecule has 0 bridgehead atoms. The van der Waals surface area contributed by atoms with Crippen LogP contribution in [0, 0.1) is 11.7 Å². The Labute approximate surface area is 154 Å². The van der Waals surface area contributed by atoms with E-state index in [0.717, 1.165) is 5.56 Å². The Balaban J connectivity index is 0.00000312. The van der Waals surface area contributed by atoms with E-state index >= 15 is 0 Å². The van der Waals surface area contributed by atoms with Gasteiger partial charge in [0.1, 0.15) is 11.6 Å². The summed E-state index contributed by atoms with van der Waals surface area (Å²) in [4.78, 5) is 12.2. The lowest BCUT2D eigenvalue weighted by atomic mass is 9.95. The van der Waals surface area contributed by atoms with Gasteiger partial charge in [0, 0.05) is 12.6 Å². The minimum absolute atomic E-state index is 0. The van der Waals surface area contributed by atoms with E-state index in [1.807, 2.05) is 37.3 Å². The summed E-state index contributed by atoms with van der Waals surface area (Å²) >= 11 is 0. The van der Waals surface area contributed by atoms with Crippen molar-refractivity contribution in [2.75, 3.05) is 13.2 Å². The van der Waals surface area contributed by atoms with Crippen LogP contribution in [-0.2, 0) is 4.79 Å². The molecule has 0 spiro atoms. The van der Waals surface area contributed by atoms with Crippen LogP contribution in [0.25, 0.3) is 0 Å². The standard InChI is InChI=1S/C19H23FN2O2.ClH/c1-14(18(21)15-6-3-2-4-7-15)19(23)22-12-5-13-24-17-10-8-16(20)9-11-17;/h2-4,6-11,14,18H,5,12-13,21H2,1H3,(H,22,23);1H. The van der Waals surface area contributed by atoms with E-state index in [2.05, 4.69) is 5.32 Å². The molecule has 2 aromatic rings. The van der Waals surface area contributed by atoms with Crippen molar-refractivity contribution in [2.45, 2.75) is 19.4 Å². The second kappa shape index (κ2) is 10.7. The quantitative estimate of drug-likeness (QED) is 0.703. The van der Waals surface area contributed by atoms with Gasteiger partial charge in [0.2, 0.25) is 5.91 Å². The molecule has 4 nitrogen and oxygen atoms in total. The first-order valence-electron chi connectivity index (χ1n) is 8.04. The van der Waals surface area contributed by atoms with E-state index < -0.39 is 0 Å². The maximum atomic E-state index is 12.8. The number of nitrogens with two attached hydrogens (primary N) is 1. The molecule has 0 radical (unpaired) electrons. The van der Waals surface area contributed by atoms with Crippen LogP contribution in [-0.4, -0.2) is 19.1 Å². The highest BCUT2D eigenvalue weighted by molar-refractivity contribution is 5.85. The van der Waals surface area contributed by atoms with Crippen LogP contribution in [0.15, 0.2) is 54.6 Å².